The molecule has 1 fully saturated rings. The highest BCUT2D eigenvalue weighted by atomic mass is 79.9. The molecule has 1 atom stereocenters. The van der Waals surface area contributed by atoms with Crippen LogP contribution in [0.5, 0.6) is 5.75 Å². The number of pyridine rings is 1. The summed E-state index contributed by atoms with van der Waals surface area (Å²) in [5.41, 5.74) is 1.71. The van der Waals surface area contributed by atoms with Crippen LogP contribution in [0.1, 0.15) is 18.1 Å². The Morgan fingerprint density at radius 2 is 2.00 bits per heavy atom. The summed E-state index contributed by atoms with van der Waals surface area (Å²) in [6.45, 7) is 6.33. The smallest absolute Gasteiger partial charge is 0.263 e. The van der Waals surface area contributed by atoms with Gasteiger partial charge in [-0.1, -0.05) is 6.07 Å². The summed E-state index contributed by atoms with van der Waals surface area (Å²) in [4.78, 5) is 21.0. The molecule has 2 heterocycles. The summed E-state index contributed by atoms with van der Waals surface area (Å²) in [5.74, 6) is 1.41. The number of amides is 1. The van der Waals surface area contributed by atoms with Crippen LogP contribution in [0, 0.1) is 18.3 Å². The van der Waals surface area contributed by atoms with Crippen molar-refractivity contribution in [2.75, 3.05) is 31.1 Å². The number of carbonyl (C=O) groups excluding carboxylic acids is 1. The summed E-state index contributed by atoms with van der Waals surface area (Å²) in [6.07, 6.45) is 1.08. The van der Waals surface area contributed by atoms with Crippen LogP contribution < -0.4 is 9.64 Å². The van der Waals surface area contributed by atoms with E-state index in [1.54, 1.807) is 25.3 Å². The Labute approximate surface area is 167 Å². The number of aryl methyl sites for hydroxylation is 1. The zero-order chi connectivity index (χ0) is 19.4. The summed E-state index contributed by atoms with van der Waals surface area (Å²) in [7, 11) is 0. The van der Waals surface area contributed by atoms with Crippen molar-refractivity contribution >= 4 is 27.7 Å². The van der Waals surface area contributed by atoms with Gasteiger partial charge in [0.2, 0.25) is 0 Å². The van der Waals surface area contributed by atoms with E-state index < -0.39 is 6.10 Å². The monoisotopic (exact) mass is 428 g/mol. The number of anilines is 1. The Morgan fingerprint density at radius 1 is 1.26 bits per heavy atom. The van der Waals surface area contributed by atoms with Crippen LogP contribution in [0.25, 0.3) is 0 Å². The number of hydrogen-bond acceptors (Lipinski definition) is 5. The molecule has 1 aromatic heterocycles. The molecule has 0 spiro atoms. The maximum atomic E-state index is 12.7. The average Bonchev–Trinajstić information content (AvgIpc) is 2.69. The number of hydrogen-bond donors (Lipinski definition) is 0. The van der Waals surface area contributed by atoms with Gasteiger partial charge in [0, 0.05) is 32.4 Å². The zero-order valence-electron chi connectivity index (χ0n) is 15.4. The molecule has 0 saturated carbocycles. The summed E-state index contributed by atoms with van der Waals surface area (Å²) in [5, 5.41) is 9.03. The van der Waals surface area contributed by atoms with Crippen molar-refractivity contribution in [1.82, 2.24) is 9.88 Å². The minimum atomic E-state index is -0.560. The van der Waals surface area contributed by atoms with Gasteiger partial charge in [0.05, 0.1) is 16.1 Å². The van der Waals surface area contributed by atoms with E-state index in [2.05, 4.69) is 31.9 Å². The first-order chi connectivity index (χ1) is 13.0. The highest BCUT2D eigenvalue weighted by Gasteiger charge is 2.27. The van der Waals surface area contributed by atoms with Crippen molar-refractivity contribution in [1.29, 1.82) is 5.26 Å². The minimum Gasteiger partial charge on any atom is -0.480 e. The minimum absolute atomic E-state index is 0.0270. The van der Waals surface area contributed by atoms with E-state index >= 15 is 0 Å². The van der Waals surface area contributed by atoms with Crippen molar-refractivity contribution in [3.05, 3.63) is 52.1 Å². The quantitative estimate of drug-likeness (QED) is 0.747. The Hall–Kier alpha value is -2.59. The predicted octanol–water partition coefficient (Wildman–Crippen LogP) is 3.14. The molecular formula is C20H21BrN4O2. The molecule has 1 aliphatic rings. The molecule has 7 heteroatoms. The molecule has 0 bridgehead atoms. The largest absolute Gasteiger partial charge is 0.480 e. The first kappa shape index (κ1) is 19.2. The topological polar surface area (TPSA) is 69.5 Å². The fourth-order valence-electron chi connectivity index (χ4n) is 3.02. The number of ether oxygens (including phenoxy) is 1. The van der Waals surface area contributed by atoms with E-state index in [9.17, 15) is 4.79 Å². The molecule has 1 saturated heterocycles. The lowest BCUT2D eigenvalue weighted by Gasteiger charge is -2.36. The number of carbonyl (C=O) groups is 1. The standard InChI is InChI=1S/C20H21BrN4O2/c1-14-3-4-18(17(21)11-14)27-15(2)20(26)25-9-7-24(8-10-25)19-12-16(13-22)5-6-23-19/h3-6,11-12,15H,7-10H2,1-2H3/t15-/m0/s1. The van der Waals surface area contributed by atoms with Crippen LogP contribution in [-0.2, 0) is 4.79 Å². The zero-order valence-corrected chi connectivity index (χ0v) is 16.9. The summed E-state index contributed by atoms with van der Waals surface area (Å²) < 4.78 is 6.70. The third-order valence-corrected chi connectivity index (χ3v) is 5.15. The number of nitriles is 1. The maximum Gasteiger partial charge on any atom is 0.263 e. The molecule has 0 N–H and O–H groups in total. The molecule has 27 heavy (non-hydrogen) atoms. The van der Waals surface area contributed by atoms with Crippen LogP contribution in [0.15, 0.2) is 41.0 Å². The van der Waals surface area contributed by atoms with Crippen molar-refractivity contribution in [3.63, 3.8) is 0 Å². The molecule has 1 aromatic carbocycles. The van der Waals surface area contributed by atoms with E-state index in [0.717, 1.165) is 15.9 Å². The summed E-state index contributed by atoms with van der Waals surface area (Å²) in [6, 6.07) is 11.4. The Balaban J connectivity index is 1.58. The average molecular weight is 429 g/mol. The molecule has 1 amide bonds. The fraction of sp³-hybridized carbons (Fsp3) is 0.350. The van der Waals surface area contributed by atoms with E-state index in [-0.39, 0.29) is 5.91 Å². The van der Waals surface area contributed by atoms with Crippen LogP contribution in [0.2, 0.25) is 0 Å². The lowest BCUT2D eigenvalue weighted by atomic mass is 10.2. The normalized spacial score (nSPS) is 15.2. The number of nitrogens with zero attached hydrogens (tertiary/aromatic N) is 4. The van der Waals surface area contributed by atoms with Crippen molar-refractivity contribution in [3.8, 4) is 11.8 Å². The highest BCUT2D eigenvalue weighted by Crippen LogP contribution is 2.27. The van der Waals surface area contributed by atoms with Gasteiger partial charge in [0.15, 0.2) is 6.10 Å². The second-order valence-electron chi connectivity index (χ2n) is 6.52. The summed E-state index contributed by atoms with van der Waals surface area (Å²) >= 11 is 3.48. The van der Waals surface area contributed by atoms with Gasteiger partial charge in [-0.2, -0.15) is 5.26 Å². The predicted molar refractivity (Wildman–Crippen MR) is 107 cm³/mol. The SMILES string of the molecule is Cc1ccc(O[C@@H](C)C(=O)N2CCN(c3cc(C#N)ccn3)CC2)c(Br)c1. The molecule has 1 aliphatic heterocycles. The van der Waals surface area contributed by atoms with E-state index in [0.29, 0.717) is 37.5 Å². The van der Waals surface area contributed by atoms with Gasteiger partial charge in [-0.3, -0.25) is 4.79 Å². The van der Waals surface area contributed by atoms with Crippen LogP contribution in [-0.4, -0.2) is 48.1 Å². The van der Waals surface area contributed by atoms with E-state index in [1.807, 2.05) is 30.0 Å². The lowest BCUT2D eigenvalue weighted by molar-refractivity contribution is -0.138. The molecule has 6 nitrogen and oxygen atoms in total. The molecule has 2 aromatic rings. The van der Waals surface area contributed by atoms with Gasteiger partial charge in [-0.25, -0.2) is 4.98 Å². The van der Waals surface area contributed by atoms with Crippen LogP contribution in [0.4, 0.5) is 5.82 Å². The number of halogens is 1. The Kier molecular flexibility index (Phi) is 5.97. The number of piperazine rings is 1. The van der Waals surface area contributed by atoms with Crippen LogP contribution in [0.3, 0.4) is 0 Å². The molecule has 0 aliphatic carbocycles. The molecule has 0 radical (unpaired) electrons. The molecular weight excluding hydrogens is 408 g/mol. The second kappa shape index (κ2) is 8.40. The lowest BCUT2D eigenvalue weighted by Crippen LogP contribution is -2.52. The maximum absolute atomic E-state index is 12.7. The van der Waals surface area contributed by atoms with Crippen LogP contribution >= 0.6 is 15.9 Å². The first-order valence-corrected chi connectivity index (χ1v) is 9.60. The van der Waals surface area contributed by atoms with Gasteiger partial charge < -0.3 is 14.5 Å². The van der Waals surface area contributed by atoms with Gasteiger partial charge in [0.25, 0.3) is 5.91 Å². The number of rotatable bonds is 4. The van der Waals surface area contributed by atoms with Crippen molar-refractivity contribution in [2.24, 2.45) is 0 Å². The van der Waals surface area contributed by atoms with Crippen molar-refractivity contribution < 1.29 is 9.53 Å². The van der Waals surface area contributed by atoms with E-state index in [1.165, 1.54) is 0 Å². The van der Waals surface area contributed by atoms with Crippen molar-refractivity contribution in [2.45, 2.75) is 20.0 Å². The fourth-order valence-corrected chi connectivity index (χ4v) is 3.60. The number of benzene rings is 1. The van der Waals surface area contributed by atoms with E-state index in [4.69, 9.17) is 10.00 Å². The number of aromatic nitrogens is 1. The molecule has 3 rings (SSSR count). The second-order valence-corrected chi connectivity index (χ2v) is 7.38. The Morgan fingerprint density at radius 3 is 2.67 bits per heavy atom. The first-order valence-electron chi connectivity index (χ1n) is 8.80. The highest BCUT2D eigenvalue weighted by molar-refractivity contribution is 9.10. The van der Waals surface area contributed by atoms with Gasteiger partial charge in [0.1, 0.15) is 11.6 Å². The van der Waals surface area contributed by atoms with Gasteiger partial charge in [-0.05, 0) is 59.6 Å². The molecule has 0 unspecified atom stereocenters. The third kappa shape index (κ3) is 4.58. The molecule has 140 valence electrons. The van der Waals surface area contributed by atoms with Gasteiger partial charge in [-0.15, -0.1) is 0 Å². The third-order valence-electron chi connectivity index (χ3n) is 4.53. The van der Waals surface area contributed by atoms with Gasteiger partial charge >= 0.3 is 0 Å². The Bertz CT molecular complexity index is 873.